The predicted molar refractivity (Wildman–Crippen MR) is 137 cm³/mol. The van der Waals surface area contributed by atoms with Crippen LogP contribution in [-0.2, 0) is 4.79 Å². The maximum absolute atomic E-state index is 12.2. The zero-order valence-electron chi connectivity index (χ0n) is 19.3. The fraction of sp³-hybridized carbons (Fsp3) is 0.292. The molecule has 184 valence electrons. The van der Waals surface area contributed by atoms with Gasteiger partial charge in [-0.25, -0.2) is 4.79 Å². The molecule has 0 atom stereocenters. The van der Waals surface area contributed by atoms with Crippen LogP contribution in [0, 0.1) is 0 Å². The molecule has 0 spiro atoms. The molecule has 4 rings (SSSR count). The summed E-state index contributed by atoms with van der Waals surface area (Å²) in [5, 5.41) is 5.97. The molecule has 9 nitrogen and oxygen atoms in total. The highest BCUT2D eigenvalue weighted by molar-refractivity contribution is 7.99. The van der Waals surface area contributed by atoms with E-state index in [4.69, 9.17) is 25.8 Å². The molecule has 1 aromatic heterocycles. The van der Waals surface area contributed by atoms with Gasteiger partial charge < -0.3 is 19.5 Å². The van der Waals surface area contributed by atoms with Crippen LogP contribution < -0.4 is 24.8 Å². The molecule has 11 heteroatoms. The van der Waals surface area contributed by atoms with Crippen molar-refractivity contribution in [2.24, 2.45) is 0 Å². The highest BCUT2D eigenvalue weighted by atomic mass is 35.5. The van der Waals surface area contributed by atoms with Gasteiger partial charge in [0.25, 0.3) is 0 Å². The second-order valence-corrected chi connectivity index (χ2v) is 9.30. The second-order valence-electron chi connectivity index (χ2n) is 7.67. The number of fused-ring (bicyclic) bond motifs is 1. The van der Waals surface area contributed by atoms with Crippen LogP contribution in [0.2, 0.25) is 5.02 Å². The quantitative estimate of drug-likeness (QED) is 0.476. The molecule has 1 fully saturated rings. The molecular weight excluding hydrogens is 492 g/mol. The van der Waals surface area contributed by atoms with Crippen molar-refractivity contribution in [3.63, 3.8) is 0 Å². The number of nitrogens with zero attached hydrogens (tertiary/aromatic N) is 2. The van der Waals surface area contributed by atoms with E-state index in [1.807, 2.05) is 16.7 Å². The number of rotatable bonds is 7. The second kappa shape index (κ2) is 11.5. The number of amides is 3. The first-order valence-corrected chi connectivity index (χ1v) is 12.4. The third-order valence-corrected chi connectivity index (χ3v) is 6.58. The number of hydrogen-bond donors (Lipinski definition) is 2. The molecule has 3 aromatic rings. The highest BCUT2D eigenvalue weighted by Gasteiger charge is 2.17. The number of nitrogens with one attached hydrogen (secondary N) is 2. The van der Waals surface area contributed by atoms with Gasteiger partial charge in [-0.05, 0) is 30.3 Å². The molecule has 2 aromatic carbocycles. The third-order valence-electron chi connectivity index (χ3n) is 5.34. The van der Waals surface area contributed by atoms with E-state index in [1.54, 1.807) is 56.8 Å². The molecule has 0 radical (unpaired) electrons. The third kappa shape index (κ3) is 6.27. The summed E-state index contributed by atoms with van der Waals surface area (Å²) in [6, 6.07) is 9.47. The van der Waals surface area contributed by atoms with Crippen molar-refractivity contribution in [2.45, 2.75) is 0 Å². The zero-order chi connectivity index (χ0) is 24.8. The van der Waals surface area contributed by atoms with Crippen LogP contribution in [0.25, 0.3) is 10.9 Å². The van der Waals surface area contributed by atoms with Gasteiger partial charge in [0.05, 0.1) is 31.3 Å². The lowest BCUT2D eigenvalue weighted by atomic mass is 10.2. The Morgan fingerprint density at radius 2 is 1.77 bits per heavy atom. The fourth-order valence-electron chi connectivity index (χ4n) is 3.61. The molecule has 0 bridgehead atoms. The van der Waals surface area contributed by atoms with Crippen molar-refractivity contribution in [2.75, 3.05) is 50.7 Å². The summed E-state index contributed by atoms with van der Waals surface area (Å²) in [5.74, 6) is 3.65. The molecule has 1 aliphatic heterocycles. The summed E-state index contributed by atoms with van der Waals surface area (Å²) in [6.45, 7) is 1.87. The molecule has 0 saturated carbocycles. The molecule has 0 unspecified atom stereocenters. The number of carbonyl (C=O) groups is 2. The number of halogens is 1. The number of urea groups is 1. The van der Waals surface area contributed by atoms with Gasteiger partial charge in [-0.15, -0.1) is 0 Å². The first-order chi connectivity index (χ1) is 17.0. The van der Waals surface area contributed by atoms with E-state index in [2.05, 4.69) is 15.6 Å². The van der Waals surface area contributed by atoms with Gasteiger partial charge in [-0.1, -0.05) is 11.6 Å². The van der Waals surface area contributed by atoms with Gasteiger partial charge in [0.2, 0.25) is 5.91 Å². The van der Waals surface area contributed by atoms with Crippen LogP contribution in [0.1, 0.15) is 0 Å². The molecule has 35 heavy (non-hydrogen) atoms. The Balaban J connectivity index is 1.42. The molecule has 1 saturated heterocycles. The van der Waals surface area contributed by atoms with Crippen molar-refractivity contribution < 1.29 is 23.8 Å². The minimum atomic E-state index is -0.618. The number of ether oxygens (including phenoxy) is 3. The van der Waals surface area contributed by atoms with E-state index in [1.165, 1.54) is 0 Å². The Hall–Kier alpha value is -3.21. The largest absolute Gasteiger partial charge is 0.493 e. The number of benzene rings is 2. The number of aromatic nitrogens is 1. The number of thioether (sulfide) groups is 1. The van der Waals surface area contributed by atoms with Gasteiger partial charge in [-0.2, -0.15) is 11.8 Å². The minimum Gasteiger partial charge on any atom is -0.493 e. The normalized spacial score (nSPS) is 13.8. The van der Waals surface area contributed by atoms with Crippen LogP contribution in [0.15, 0.2) is 42.6 Å². The average molecular weight is 517 g/mol. The fourth-order valence-corrected chi connectivity index (χ4v) is 4.81. The first-order valence-electron chi connectivity index (χ1n) is 10.9. The van der Waals surface area contributed by atoms with Crippen LogP contribution in [0.4, 0.5) is 10.5 Å². The predicted octanol–water partition coefficient (Wildman–Crippen LogP) is 4.39. The number of anilines is 1. The maximum Gasteiger partial charge on any atom is 0.325 e. The van der Waals surface area contributed by atoms with Crippen LogP contribution in [-0.4, -0.2) is 67.2 Å². The lowest BCUT2D eigenvalue weighted by Gasteiger charge is -2.25. The number of methoxy groups -OCH3 is 2. The van der Waals surface area contributed by atoms with E-state index in [0.29, 0.717) is 39.6 Å². The van der Waals surface area contributed by atoms with Gasteiger partial charge in [0, 0.05) is 47.9 Å². The summed E-state index contributed by atoms with van der Waals surface area (Å²) in [6.07, 6.45) is 1.62. The lowest BCUT2D eigenvalue weighted by Crippen LogP contribution is -2.44. The Morgan fingerprint density at radius 1 is 1.03 bits per heavy atom. The summed E-state index contributed by atoms with van der Waals surface area (Å²) >= 11 is 8.28. The standard InChI is InChI=1S/C24H25ClN4O5S/c1-32-21-12-16-18(13-22(21)33-2)26-6-5-19(16)34-20-4-3-15(11-17(20)25)27-24(31)28-23(30)14-29-7-9-35-10-8-29/h3-6,11-13H,7-10,14H2,1-2H3,(H2,27,28,30,31). The van der Waals surface area contributed by atoms with Gasteiger partial charge in [0.1, 0.15) is 11.5 Å². The van der Waals surface area contributed by atoms with Crippen LogP contribution >= 0.6 is 23.4 Å². The van der Waals surface area contributed by atoms with E-state index >= 15 is 0 Å². The van der Waals surface area contributed by atoms with Crippen molar-refractivity contribution >= 4 is 51.9 Å². The highest BCUT2D eigenvalue weighted by Crippen LogP contribution is 2.38. The number of carbonyl (C=O) groups excluding carboxylic acids is 2. The molecule has 0 aliphatic carbocycles. The van der Waals surface area contributed by atoms with Gasteiger partial charge >= 0.3 is 6.03 Å². The van der Waals surface area contributed by atoms with E-state index in [-0.39, 0.29) is 17.5 Å². The van der Waals surface area contributed by atoms with Crippen molar-refractivity contribution in [1.82, 2.24) is 15.2 Å². The Labute approximate surface area is 212 Å². The van der Waals surface area contributed by atoms with Gasteiger partial charge in [0.15, 0.2) is 11.5 Å². The van der Waals surface area contributed by atoms with Crippen molar-refractivity contribution in [3.05, 3.63) is 47.6 Å². The maximum atomic E-state index is 12.2. The molecule has 1 aliphatic rings. The van der Waals surface area contributed by atoms with Crippen LogP contribution in [0.3, 0.4) is 0 Å². The lowest BCUT2D eigenvalue weighted by molar-refractivity contribution is -0.121. The molecule has 2 N–H and O–H groups in total. The van der Waals surface area contributed by atoms with Crippen LogP contribution in [0.5, 0.6) is 23.0 Å². The van der Waals surface area contributed by atoms with E-state index in [0.717, 1.165) is 24.6 Å². The van der Waals surface area contributed by atoms with Gasteiger partial charge in [-0.3, -0.25) is 20.0 Å². The molecule has 2 heterocycles. The Bertz CT molecular complexity index is 1240. The Morgan fingerprint density at radius 3 is 2.49 bits per heavy atom. The summed E-state index contributed by atoms with van der Waals surface area (Å²) in [4.78, 5) is 30.8. The zero-order valence-corrected chi connectivity index (χ0v) is 20.9. The molecule has 3 amide bonds. The number of pyridine rings is 1. The molecular formula is C24H25ClN4O5S. The van der Waals surface area contributed by atoms with E-state index in [9.17, 15) is 9.59 Å². The first kappa shape index (κ1) is 24.9. The average Bonchev–Trinajstić information content (AvgIpc) is 2.85. The topological polar surface area (TPSA) is 102 Å². The monoisotopic (exact) mass is 516 g/mol. The Kier molecular flexibility index (Phi) is 8.17. The number of hydrogen-bond acceptors (Lipinski definition) is 8. The van der Waals surface area contributed by atoms with E-state index < -0.39 is 6.03 Å². The summed E-state index contributed by atoms with van der Waals surface area (Å²) in [5.41, 5.74) is 1.09. The van der Waals surface area contributed by atoms with Crippen molar-refractivity contribution in [1.29, 1.82) is 0 Å². The summed E-state index contributed by atoms with van der Waals surface area (Å²) in [7, 11) is 3.11. The smallest absolute Gasteiger partial charge is 0.325 e. The summed E-state index contributed by atoms with van der Waals surface area (Å²) < 4.78 is 16.8. The van der Waals surface area contributed by atoms with Crippen molar-refractivity contribution in [3.8, 4) is 23.0 Å². The number of imide groups is 1. The SMILES string of the molecule is COc1cc2nccc(Oc3ccc(NC(=O)NC(=O)CN4CCSCC4)cc3Cl)c2cc1OC. The minimum absolute atomic E-state index is 0.193.